The highest BCUT2D eigenvalue weighted by atomic mass is 15.0. The van der Waals surface area contributed by atoms with E-state index < -0.39 is 0 Å². The van der Waals surface area contributed by atoms with E-state index in [2.05, 4.69) is 46.9 Å². The monoisotopic (exact) mass is 225 g/mol. The van der Waals surface area contributed by atoms with Gasteiger partial charge in [0.05, 0.1) is 0 Å². The van der Waals surface area contributed by atoms with Gasteiger partial charge in [-0.25, -0.2) is 0 Å². The molecule has 1 atom stereocenters. The van der Waals surface area contributed by atoms with Crippen molar-refractivity contribution in [2.45, 2.75) is 73.3 Å². The first-order valence-corrected chi connectivity index (χ1v) is 6.96. The minimum atomic E-state index is 0.468. The summed E-state index contributed by atoms with van der Waals surface area (Å²) in [6.07, 6.45) is 5.46. The van der Waals surface area contributed by atoms with Gasteiger partial charge in [0, 0.05) is 12.6 Å². The Morgan fingerprint density at radius 3 is 2.00 bits per heavy atom. The van der Waals surface area contributed by atoms with Gasteiger partial charge in [0.2, 0.25) is 0 Å². The maximum atomic E-state index is 3.71. The van der Waals surface area contributed by atoms with Gasteiger partial charge in [-0.2, -0.15) is 0 Å². The van der Waals surface area contributed by atoms with E-state index in [-0.39, 0.29) is 0 Å². The fourth-order valence-corrected chi connectivity index (χ4v) is 1.91. The molecule has 0 heterocycles. The molecule has 0 amide bonds. The van der Waals surface area contributed by atoms with E-state index in [1.54, 1.807) is 0 Å². The fourth-order valence-electron chi connectivity index (χ4n) is 1.91. The van der Waals surface area contributed by atoms with Crippen molar-refractivity contribution in [2.24, 2.45) is 16.7 Å². The van der Waals surface area contributed by atoms with Crippen LogP contribution in [0.25, 0.3) is 0 Å². The predicted octanol–water partition coefficient (Wildman–Crippen LogP) is 4.23. The maximum absolute atomic E-state index is 3.71. The Morgan fingerprint density at radius 1 is 1.06 bits per heavy atom. The van der Waals surface area contributed by atoms with E-state index in [4.69, 9.17) is 0 Å². The van der Waals surface area contributed by atoms with E-state index in [0.717, 1.165) is 12.0 Å². The minimum Gasteiger partial charge on any atom is -0.313 e. The molecule has 16 heavy (non-hydrogen) atoms. The molecule has 0 aromatic carbocycles. The molecule has 1 N–H and O–H groups in total. The molecule has 1 aliphatic rings. The van der Waals surface area contributed by atoms with Crippen molar-refractivity contribution in [3.05, 3.63) is 0 Å². The van der Waals surface area contributed by atoms with Gasteiger partial charge < -0.3 is 5.32 Å². The Bertz CT molecular complexity index is 210. The smallest absolute Gasteiger partial charge is 0.00684 e. The molecule has 1 heteroatoms. The van der Waals surface area contributed by atoms with Gasteiger partial charge in [-0.1, -0.05) is 41.5 Å². The Morgan fingerprint density at radius 2 is 1.62 bits per heavy atom. The third-order valence-electron chi connectivity index (χ3n) is 4.21. The van der Waals surface area contributed by atoms with Crippen LogP contribution in [0.4, 0.5) is 0 Å². The molecule has 1 rings (SSSR count). The van der Waals surface area contributed by atoms with Crippen LogP contribution in [0, 0.1) is 16.7 Å². The summed E-state index contributed by atoms with van der Waals surface area (Å²) in [5.74, 6) is 0.765. The van der Waals surface area contributed by atoms with Crippen molar-refractivity contribution in [3.63, 3.8) is 0 Å². The Labute approximate surface area is 102 Å². The fraction of sp³-hybridized carbons (Fsp3) is 1.00. The summed E-state index contributed by atoms with van der Waals surface area (Å²) >= 11 is 0. The molecule has 1 fully saturated rings. The molecular weight excluding hydrogens is 194 g/mol. The van der Waals surface area contributed by atoms with Crippen molar-refractivity contribution in [1.82, 2.24) is 5.32 Å². The largest absolute Gasteiger partial charge is 0.313 e. The summed E-state index contributed by atoms with van der Waals surface area (Å²) < 4.78 is 0. The highest BCUT2D eigenvalue weighted by Crippen LogP contribution is 2.36. The van der Waals surface area contributed by atoms with Gasteiger partial charge in [0.1, 0.15) is 0 Å². The average Bonchev–Trinajstić information content (AvgIpc) is 2.93. The highest BCUT2D eigenvalue weighted by molar-refractivity contribution is 4.87. The molecular formula is C15H31N. The molecule has 96 valence electrons. The molecule has 1 nitrogen and oxygen atoms in total. The van der Waals surface area contributed by atoms with Crippen LogP contribution >= 0.6 is 0 Å². The second-order valence-electron chi connectivity index (χ2n) is 7.52. The Kier molecular flexibility index (Phi) is 4.45. The summed E-state index contributed by atoms with van der Waals surface area (Å²) in [5, 5.41) is 3.71. The van der Waals surface area contributed by atoms with Crippen molar-refractivity contribution < 1.29 is 0 Å². The van der Waals surface area contributed by atoms with Crippen molar-refractivity contribution >= 4 is 0 Å². The number of rotatable bonds is 6. The molecule has 0 radical (unpaired) electrons. The van der Waals surface area contributed by atoms with Crippen LogP contribution in [-0.4, -0.2) is 12.6 Å². The number of nitrogens with one attached hydrogen (secondary N) is 1. The predicted molar refractivity (Wildman–Crippen MR) is 72.7 cm³/mol. The number of hydrogen-bond acceptors (Lipinski definition) is 1. The maximum Gasteiger partial charge on any atom is 0.00684 e. The normalized spacial score (nSPS) is 21.2. The molecule has 0 aromatic heterocycles. The van der Waals surface area contributed by atoms with E-state index in [1.165, 1.54) is 32.2 Å². The zero-order valence-electron chi connectivity index (χ0n) is 12.2. The lowest BCUT2D eigenvalue weighted by atomic mass is 9.72. The standard InChI is InChI=1S/C15H31N/c1-12(2)15(6,10-9-14(3,4)5)11-16-13-7-8-13/h12-13,16H,7-11H2,1-6H3. The Hall–Kier alpha value is -0.0400. The first-order valence-electron chi connectivity index (χ1n) is 6.96. The van der Waals surface area contributed by atoms with E-state index >= 15 is 0 Å². The first kappa shape index (κ1) is 14.0. The molecule has 0 spiro atoms. The first-order chi connectivity index (χ1) is 7.23. The summed E-state index contributed by atoms with van der Waals surface area (Å²) in [5.41, 5.74) is 0.936. The molecule has 0 saturated heterocycles. The minimum absolute atomic E-state index is 0.468. The van der Waals surface area contributed by atoms with Crippen LogP contribution in [-0.2, 0) is 0 Å². The second kappa shape index (κ2) is 5.08. The van der Waals surface area contributed by atoms with Gasteiger partial charge in [0.15, 0.2) is 0 Å². The topological polar surface area (TPSA) is 12.0 Å². The SMILES string of the molecule is CC(C)C(C)(CCC(C)(C)C)CNC1CC1. The van der Waals surface area contributed by atoms with Crippen LogP contribution < -0.4 is 5.32 Å². The summed E-state index contributed by atoms with van der Waals surface area (Å²) in [6, 6.07) is 0.840. The van der Waals surface area contributed by atoms with E-state index in [9.17, 15) is 0 Å². The number of hydrogen-bond donors (Lipinski definition) is 1. The van der Waals surface area contributed by atoms with Gasteiger partial charge in [-0.05, 0) is 42.4 Å². The quantitative estimate of drug-likeness (QED) is 0.713. The van der Waals surface area contributed by atoms with Crippen molar-refractivity contribution in [2.75, 3.05) is 6.54 Å². The molecule has 0 aliphatic heterocycles. The zero-order valence-corrected chi connectivity index (χ0v) is 12.2. The lowest BCUT2D eigenvalue weighted by Gasteiger charge is -2.36. The lowest BCUT2D eigenvalue weighted by Crippen LogP contribution is -2.37. The Balaban J connectivity index is 2.42. The van der Waals surface area contributed by atoms with E-state index in [0.29, 0.717) is 10.8 Å². The summed E-state index contributed by atoms with van der Waals surface area (Å²) in [6.45, 7) is 15.4. The molecule has 1 aliphatic carbocycles. The lowest BCUT2D eigenvalue weighted by molar-refractivity contribution is 0.160. The third kappa shape index (κ3) is 4.86. The van der Waals surface area contributed by atoms with Crippen LogP contribution in [0.5, 0.6) is 0 Å². The molecule has 0 aromatic rings. The van der Waals surface area contributed by atoms with Crippen molar-refractivity contribution in [1.29, 1.82) is 0 Å². The highest BCUT2D eigenvalue weighted by Gasteiger charge is 2.32. The average molecular weight is 225 g/mol. The molecule has 0 bridgehead atoms. The third-order valence-corrected chi connectivity index (χ3v) is 4.21. The van der Waals surface area contributed by atoms with Gasteiger partial charge in [-0.3, -0.25) is 0 Å². The van der Waals surface area contributed by atoms with Crippen LogP contribution in [0.3, 0.4) is 0 Å². The summed E-state index contributed by atoms with van der Waals surface area (Å²) in [4.78, 5) is 0. The van der Waals surface area contributed by atoms with Crippen LogP contribution in [0.15, 0.2) is 0 Å². The molecule has 1 saturated carbocycles. The van der Waals surface area contributed by atoms with Crippen molar-refractivity contribution in [3.8, 4) is 0 Å². The van der Waals surface area contributed by atoms with Gasteiger partial charge in [-0.15, -0.1) is 0 Å². The van der Waals surface area contributed by atoms with Crippen LogP contribution in [0.2, 0.25) is 0 Å². The summed E-state index contributed by atoms with van der Waals surface area (Å²) in [7, 11) is 0. The van der Waals surface area contributed by atoms with Gasteiger partial charge in [0.25, 0.3) is 0 Å². The molecule has 1 unspecified atom stereocenters. The zero-order chi connectivity index (χ0) is 12.4. The van der Waals surface area contributed by atoms with E-state index in [1.807, 2.05) is 0 Å². The van der Waals surface area contributed by atoms with Gasteiger partial charge >= 0.3 is 0 Å². The second-order valence-corrected chi connectivity index (χ2v) is 7.52. The van der Waals surface area contributed by atoms with Crippen LogP contribution in [0.1, 0.15) is 67.2 Å².